The Morgan fingerprint density at radius 3 is 1.48 bits per heavy atom. The monoisotopic (exact) mass is 784 g/mol. The fraction of sp³-hybridized carbons (Fsp3) is 0.844. The maximum Gasteiger partial charge on any atom is 0.472 e. The van der Waals surface area contributed by atoms with Crippen molar-refractivity contribution in [3.05, 3.63) is 36.5 Å². The first-order valence-corrected chi connectivity index (χ1v) is 23.9. The highest BCUT2D eigenvalue weighted by Crippen LogP contribution is 2.43. The smallest absolute Gasteiger partial charge is 0.387 e. The van der Waals surface area contributed by atoms with Crippen molar-refractivity contribution in [2.45, 2.75) is 206 Å². The van der Waals surface area contributed by atoms with Crippen LogP contribution in [0.1, 0.15) is 194 Å². The summed E-state index contributed by atoms with van der Waals surface area (Å²) in [6, 6.07) is -0.863. The lowest BCUT2D eigenvalue weighted by atomic mass is 10.1. The molecule has 318 valence electrons. The number of carbonyl (C=O) groups excluding carboxylic acids is 1. The summed E-state index contributed by atoms with van der Waals surface area (Å²) in [6.45, 7) is 4.78. The molecular formula is C45H88N2O6P+. The molecule has 0 rings (SSSR count). The van der Waals surface area contributed by atoms with Crippen LogP contribution in [0, 0.1) is 0 Å². The quantitative estimate of drug-likeness (QED) is 0.0247. The van der Waals surface area contributed by atoms with Gasteiger partial charge in [-0.25, -0.2) is 4.57 Å². The van der Waals surface area contributed by atoms with Crippen LogP contribution in [-0.4, -0.2) is 73.4 Å². The van der Waals surface area contributed by atoms with Crippen molar-refractivity contribution in [1.29, 1.82) is 0 Å². The number of likely N-dealkylation sites (N-methyl/N-ethyl adjacent to an activating group) is 1. The number of aliphatic hydroxyl groups is 1. The minimum atomic E-state index is -4.34. The van der Waals surface area contributed by atoms with Crippen LogP contribution in [0.3, 0.4) is 0 Å². The molecule has 0 saturated carbocycles. The fourth-order valence-electron chi connectivity index (χ4n) is 6.23. The first-order chi connectivity index (χ1) is 26.0. The molecule has 0 aromatic rings. The number of aliphatic hydroxyl groups excluding tert-OH is 1. The van der Waals surface area contributed by atoms with Crippen molar-refractivity contribution < 1.29 is 32.9 Å². The van der Waals surface area contributed by atoms with Gasteiger partial charge in [-0.2, -0.15) is 0 Å². The molecule has 0 spiro atoms. The van der Waals surface area contributed by atoms with Crippen LogP contribution in [-0.2, 0) is 18.4 Å². The normalized spacial score (nSPS) is 14.7. The van der Waals surface area contributed by atoms with Crippen molar-refractivity contribution in [2.24, 2.45) is 0 Å². The molecule has 3 atom stereocenters. The molecule has 0 aromatic heterocycles. The Labute approximate surface area is 334 Å². The topological polar surface area (TPSA) is 105 Å². The van der Waals surface area contributed by atoms with E-state index in [1.54, 1.807) is 6.08 Å². The second-order valence-corrected chi connectivity index (χ2v) is 17.9. The highest BCUT2D eigenvalue weighted by atomic mass is 31.2. The molecule has 1 amide bonds. The van der Waals surface area contributed by atoms with Crippen molar-refractivity contribution in [1.82, 2.24) is 5.32 Å². The summed E-state index contributed by atoms with van der Waals surface area (Å²) in [7, 11) is 1.55. The third-order valence-corrected chi connectivity index (χ3v) is 10.8. The molecule has 0 heterocycles. The third kappa shape index (κ3) is 39.0. The second kappa shape index (κ2) is 37.3. The molecule has 9 heteroatoms. The first kappa shape index (κ1) is 52.7. The SMILES string of the molecule is CCCCCCCC/C=C/CCCCCCCCCC(=O)N[C@@H](COP(=O)(O)OCC[N+](C)(C)C)[C@H](O)/C=C/CC/C=C/CCCCCCCCCCC. The van der Waals surface area contributed by atoms with Crippen molar-refractivity contribution in [3.63, 3.8) is 0 Å². The molecule has 0 aromatic carbocycles. The summed E-state index contributed by atoms with van der Waals surface area (Å²) < 4.78 is 23.5. The van der Waals surface area contributed by atoms with Gasteiger partial charge in [-0.3, -0.25) is 13.8 Å². The van der Waals surface area contributed by atoms with E-state index in [9.17, 15) is 19.4 Å². The highest BCUT2D eigenvalue weighted by molar-refractivity contribution is 7.47. The van der Waals surface area contributed by atoms with E-state index >= 15 is 0 Å². The zero-order valence-electron chi connectivity index (χ0n) is 36.0. The Morgan fingerprint density at radius 2 is 1.02 bits per heavy atom. The molecule has 8 nitrogen and oxygen atoms in total. The molecule has 0 aliphatic rings. The van der Waals surface area contributed by atoms with Gasteiger partial charge in [0.05, 0.1) is 39.9 Å². The lowest BCUT2D eigenvalue weighted by Gasteiger charge is -2.25. The van der Waals surface area contributed by atoms with Crippen LogP contribution < -0.4 is 5.32 Å². The van der Waals surface area contributed by atoms with Gasteiger partial charge in [0.2, 0.25) is 5.91 Å². The molecule has 0 fully saturated rings. The van der Waals surface area contributed by atoms with Gasteiger partial charge in [-0.1, -0.05) is 166 Å². The Kier molecular flexibility index (Phi) is 36.4. The number of quaternary nitrogens is 1. The standard InChI is InChI=1S/C45H87N2O6P/c1-6-8-10-12-14-16-18-20-22-23-25-27-29-31-33-35-37-39-45(49)46-43(42-53-54(50,51)52-41-40-47(3,4)5)44(48)38-36-34-32-30-28-26-24-21-19-17-15-13-11-9-7-2/h20,22,28,30,36,38,43-44,48H,6-19,21,23-27,29,31-35,37,39-42H2,1-5H3,(H-,46,49,50,51)/p+1/b22-20+,30-28+,38-36+/t43-,44+/m0/s1. The maximum atomic E-state index is 12.9. The van der Waals surface area contributed by atoms with Crippen molar-refractivity contribution in [3.8, 4) is 0 Å². The molecule has 54 heavy (non-hydrogen) atoms. The summed E-state index contributed by atoms with van der Waals surface area (Å²) in [6.07, 6.45) is 45.0. The molecule has 0 aliphatic carbocycles. The van der Waals surface area contributed by atoms with E-state index in [4.69, 9.17) is 9.05 Å². The predicted octanol–water partition coefficient (Wildman–Crippen LogP) is 12.3. The first-order valence-electron chi connectivity index (χ1n) is 22.4. The number of hydrogen-bond donors (Lipinski definition) is 3. The predicted molar refractivity (Wildman–Crippen MR) is 231 cm³/mol. The van der Waals surface area contributed by atoms with E-state index < -0.39 is 20.0 Å². The van der Waals surface area contributed by atoms with Crippen LogP contribution in [0.15, 0.2) is 36.5 Å². The van der Waals surface area contributed by atoms with Crippen LogP contribution in [0.2, 0.25) is 0 Å². The number of unbranched alkanes of at least 4 members (excludes halogenated alkanes) is 23. The summed E-state index contributed by atoms with van der Waals surface area (Å²) in [5.41, 5.74) is 0. The van der Waals surface area contributed by atoms with Gasteiger partial charge in [0.25, 0.3) is 0 Å². The number of carbonyl (C=O) groups is 1. The van der Waals surface area contributed by atoms with Crippen molar-refractivity contribution >= 4 is 13.7 Å². The second-order valence-electron chi connectivity index (χ2n) is 16.4. The highest BCUT2D eigenvalue weighted by Gasteiger charge is 2.27. The Balaban J connectivity index is 4.47. The molecule has 0 saturated heterocycles. The molecule has 0 aliphatic heterocycles. The molecule has 1 unspecified atom stereocenters. The maximum absolute atomic E-state index is 12.9. The van der Waals surface area contributed by atoms with Crippen LogP contribution in [0.5, 0.6) is 0 Å². The van der Waals surface area contributed by atoms with Crippen LogP contribution >= 0.6 is 7.82 Å². The largest absolute Gasteiger partial charge is 0.472 e. The van der Waals surface area contributed by atoms with Gasteiger partial charge in [-0.15, -0.1) is 0 Å². The number of nitrogens with zero attached hydrogens (tertiary/aromatic N) is 1. The molecule has 0 radical (unpaired) electrons. The van der Waals surface area contributed by atoms with Gasteiger partial charge < -0.3 is 19.8 Å². The molecule has 0 bridgehead atoms. The molecule has 3 N–H and O–H groups in total. The van der Waals surface area contributed by atoms with Crippen LogP contribution in [0.4, 0.5) is 0 Å². The summed E-state index contributed by atoms with van der Waals surface area (Å²) in [4.78, 5) is 23.1. The molecular weight excluding hydrogens is 695 g/mol. The number of rotatable bonds is 40. The average molecular weight is 784 g/mol. The van der Waals surface area contributed by atoms with Gasteiger partial charge in [0, 0.05) is 6.42 Å². The van der Waals surface area contributed by atoms with E-state index in [-0.39, 0.29) is 19.1 Å². The van der Waals surface area contributed by atoms with Gasteiger partial charge in [-0.05, 0) is 57.8 Å². The van der Waals surface area contributed by atoms with E-state index in [1.165, 1.54) is 135 Å². The van der Waals surface area contributed by atoms with E-state index in [2.05, 4.69) is 43.5 Å². The summed E-state index contributed by atoms with van der Waals surface area (Å²) in [5, 5.41) is 13.8. The van der Waals surface area contributed by atoms with Gasteiger partial charge in [0.1, 0.15) is 13.2 Å². The fourth-order valence-corrected chi connectivity index (χ4v) is 6.96. The van der Waals surface area contributed by atoms with E-state index in [1.807, 2.05) is 27.2 Å². The number of phosphoric acid groups is 1. The van der Waals surface area contributed by atoms with Gasteiger partial charge in [0.15, 0.2) is 0 Å². The van der Waals surface area contributed by atoms with Crippen molar-refractivity contribution in [2.75, 3.05) is 40.9 Å². The zero-order valence-corrected chi connectivity index (χ0v) is 36.9. The van der Waals surface area contributed by atoms with Gasteiger partial charge >= 0.3 is 7.82 Å². The Bertz CT molecular complexity index is 980. The number of allylic oxidation sites excluding steroid dienone is 5. The lowest BCUT2D eigenvalue weighted by Crippen LogP contribution is -2.45. The summed E-state index contributed by atoms with van der Waals surface area (Å²) in [5.74, 6) is -0.193. The number of phosphoric ester groups is 1. The minimum absolute atomic E-state index is 0.0553. The number of nitrogens with one attached hydrogen (secondary N) is 1. The Hall–Kier alpha value is -1.28. The minimum Gasteiger partial charge on any atom is -0.387 e. The lowest BCUT2D eigenvalue weighted by molar-refractivity contribution is -0.870. The number of amides is 1. The third-order valence-electron chi connectivity index (χ3n) is 9.83. The number of hydrogen-bond acceptors (Lipinski definition) is 5. The summed E-state index contributed by atoms with van der Waals surface area (Å²) >= 11 is 0. The van der Waals surface area contributed by atoms with E-state index in [0.29, 0.717) is 17.4 Å². The van der Waals surface area contributed by atoms with Crippen LogP contribution in [0.25, 0.3) is 0 Å². The zero-order chi connectivity index (χ0) is 40.0. The average Bonchev–Trinajstić information content (AvgIpc) is 3.12. The Morgan fingerprint density at radius 1 is 0.611 bits per heavy atom. The van der Waals surface area contributed by atoms with E-state index in [0.717, 1.165) is 38.5 Å².